The summed E-state index contributed by atoms with van der Waals surface area (Å²) in [6.07, 6.45) is 7.20. The monoisotopic (exact) mass is 271 g/mol. The fourth-order valence-corrected chi connectivity index (χ4v) is 3.05. The highest BCUT2D eigenvalue weighted by Gasteiger charge is 2.04. The van der Waals surface area contributed by atoms with Gasteiger partial charge in [-0.15, -0.1) is 0 Å². The molecule has 0 unspecified atom stereocenters. The Morgan fingerprint density at radius 1 is 0.857 bits per heavy atom. The quantitative estimate of drug-likeness (QED) is 0.510. The first-order valence-corrected chi connectivity index (χ1v) is 7.62. The molecule has 0 atom stereocenters. The van der Waals surface area contributed by atoms with E-state index in [0.29, 0.717) is 0 Å². The number of hydrogen-bond acceptors (Lipinski definition) is 0. The molecule has 4 rings (SSSR count). The number of nitrogens with zero attached hydrogens (tertiary/aromatic N) is 1. The topological polar surface area (TPSA) is 4.41 Å². The Kier molecular flexibility index (Phi) is 3.01. The predicted octanol–water partition coefficient (Wildman–Crippen LogP) is 4.94. The number of allylic oxidation sites excluding steroid dienone is 2. The second-order valence-electron chi connectivity index (χ2n) is 5.60. The van der Waals surface area contributed by atoms with Crippen LogP contribution in [0.25, 0.3) is 16.4 Å². The highest BCUT2D eigenvalue weighted by atomic mass is 14.9. The third-order valence-electron chi connectivity index (χ3n) is 4.16. The second-order valence-corrected chi connectivity index (χ2v) is 5.60. The van der Waals surface area contributed by atoms with E-state index in [1.54, 1.807) is 0 Å². The number of hydrogen-bond donors (Lipinski definition) is 0. The number of fused-ring (bicyclic) bond motifs is 3. The number of para-hydroxylation sites is 1. The van der Waals surface area contributed by atoms with Crippen LogP contribution in [0.15, 0.2) is 60.2 Å². The normalized spacial score (nSPS) is 14.8. The maximum Gasteiger partial charge on any atom is 0.0974 e. The van der Waals surface area contributed by atoms with Gasteiger partial charge in [0.05, 0.1) is 11.2 Å². The standard InChI is InChI=1S/C20H17N/c1-2-6-16(7-3-1)10-12-18-14-15-19-13-11-17-8-4-5-9-20(17)21(18)19/h4-6,8-9,11,13-15H,1-3,7H2. The molecule has 102 valence electrons. The molecule has 0 spiro atoms. The van der Waals surface area contributed by atoms with Crippen LogP contribution in [0, 0.1) is 11.8 Å². The fourth-order valence-electron chi connectivity index (χ4n) is 3.05. The first-order valence-electron chi connectivity index (χ1n) is 7.62. The van der Waals surface area contributed by atoms with Gasteiger partial charge >= 0.3 is 0 Å². The molecule has 0 saturated carbocycles. The molecule has 0 N–H and O–H groups in total. The predicted molar refractivity (Wildman–Crippen MR) is 88.3 cm³/mol. The van der Waals surface area contributed by atoms with Gasteiger partial charge in [0.1, 0.15) is 0 Å². The average molecular weight is 271 g/mol. The van der Waals surface area contributed by atoms with Crippen molar-refractivity contribution in [1.82, 2.24) is 4.40 Å². The zero-order valence-corrected chi connectivity index (χ0v) is 12.0. The van der Waals surface area contributed by atoms with Gasteiger partial charge in [-0.2, -0.15) is 0 Å². The van der Waals surface area contributed by atoms with Crippen molar-refractivity contribution in [2.75, 3.05) is 0 Å². The first-order chi connectivity index (χ1) is 10.4. The summed E-state index contributed by atoms with van der Waals surface area (Å²) in [5.74, 6) is 6.75. The Labute approximate surface area is 124 Å². The van der Waals surface area contributed by atoms with Crippen LogP contribution in [0.4, 0.5) is 0 Å². The summed E-state index contributed by atoms with van der Waals surface area (Å²) >= 11 is 0. The Morgan fingerprint density at radius 2 is 1.76 bits per heavy atom. The molecule has 0 radical (unpaired) electrons. The van der Waals surface area contributed by atoms with Crippen molar-refractivity contribution >= 4 is 16.4 Å². The van der Waals surface area contributed by atoms with Gasteiger partial charge in [-0.25, -0.2) is 0 Å². The van der Waals surface area contributed by atoms with Crippen LogP contribution in [-0.4, -0.2) is 4.40 Å². The molecule has 0 amide bonds. The number of rotatable bonds is 0. The van der Waals surface area contributed by atoms with Crippen LogP contribution in [0.5, 0.6) is 0 Å². The summed E-state index contributed by atoms with van der Waals surface area (Å²) < 4.78 is 2.26. The van der Waals surface area contributed by atoms with E-state index < -0.39 is 0 Å². The van der Waals surface area contributed by atoms with Crippen LogP contribution < -0.4 is 0 Å². The highest BCUT2D eigenvalue weighted by molar-refractivity contribution is 5.83. The smallest absolute Gasteiger partial charge is 0.0974 e. The van der Waals surface area contributed by atoms with E-state index >= 15 is 0 Å². The molecule has 0 aliphatic heterocycles. The molecule has 21 heavy (non-hydrogen) atoms. The minimum absolute atomic E-state index is 1.08. The molecule has 1 aromatic carbocycles. The molecule has 0 saturated heterocycles. The van der Waals surface area contributed by atoms with Crippen molar-refractivity contribution in [3.63, 3.8) is 0 Å². The van der Waals surface area contributed by atoms with Gasteiger partial charge in [0, 0.05) is 5.52 Å². The van der Waals surface area contributed by atoms with Crippen LogP contribution in [0.2, 0.25) is 0 Å². The lowest BCUT2D eigenvalue weighted by Gasteiger charge is -2.06. The van der Waals surface area contributed by atoms with Gasteiger partial charge in [0.2, 0.25) is 0 Å². The fraction of sp³-hybridized carbons (Fsp3) is 0.200. The molecular weight excluding hydrogens is 254 g/mol. The largest absolute Gasteiger partial charge is 0.303 e. The SMILES string of the molecule is C(#Cc1ccc2ccc3ccccc3n12)C1=CCCCC1. The van der Waals surface area contributed by atoms with Crippen molar-refractivity contribution in [2.45, 2.75) is 25.7 Å². The van der Waals surface area contributed by atoms with Crippen molar-refractivity contribution < 1.29 is 0 Å². The molecule has 2 aromatic heterocycles. The Bertz CT molecular complexity index is 900. The highest BCUT2D eigenvalue weighted by Crippen LogP contribution is 2.20. The molecule has 1 heteroatoms. The third kappa shape index (κ3) is 2.23. The molecule has 1 nitrogen and oxygen atoms in total. The van der Waals surface area contributed by atoms with Crippen molar-refractivity contribution in [2.24, 2.45) is 0 Å². The summed E-state index contributed by atoms with van der Waals surface area (Å²) in [7, 11) is 0. The van der Waals surface area contributed by atoms with E-state index in [1.807, 2.05) is 0 Å². The maximum absolute atomic E-state index is 3.37. The minimum Gasteiger partial charge on any atom is -0.303 e. The van der Waals surface area contributed by atoms with Gasteiger partial charge in [-0.3, -0.25) is 0 Å². The van der Waals surface area contributed by atoms with E-state index in [1.165, 1.54) is 41.3 Å². The molecule has 1 aliphatic carbocycles. The molecular formula is C20H17N. The van der Waals surface area contributed by atoms with Gasteiger partial charge in [-0.05, 0) is 66.8 Å². The number of aromatic nitrogens is 1. The summed E-state index contributed by atoms with van der Waals surface area (Å²) in [5.41, 5.74) is 4.81. The van der Waals surface area contributed by atoms with E-state index in [9.17, 15) is 0 Å². The van der Waals surface area contributed by atoms with Crippen LogP contribution in [-0.2, 0) is 0 Å². The van der Waals surface area contributed by atoms with Gasteiger partial charge in [0.15, 0.2) is 0 Å². The summed E-state index contributed by atoms with van der Waals surface area (Å²) in [4.78, 5) is 0. The van der Waals surface area contributed by atoms with Crippen molar-refractivity contribution in [3.05, 3.63) is 65.9 Å². The van der Waals surface area contributed by atoms with E-state index in [-0.39, 0.29) is 0 Å². The number of pyridine rings is 1. The zero-order chi connectivity index (χ0) is 14.1. The molecule has 2 heterocycles. The minimum atomic E-state index is 1.08. The van der Waals surface area contributed by atoms with Crippen LogP contribution in [0.3, 0.4) is 0 Å². The van der Waals surface area contributed by atoms with Crippen LogP contribution >= 0.6 is 0 Å². The van der Waals surface area contributed by atoms with Crippen LogP contribution in [0.1, 0.15) is 31.4 Å². The van der Waals surface area contributed by atoms with Crippen molar-refractivity contribution in [1.29, 1.82) is 0 Å². The Morgan fingerprint density at radius 3 is 2.67 bits per heavy atom. The number of benzene rings is 1. The lowest BCUT2D eigenvalue weighted by atomic mass is 10.00. The summed E-state index contributed by atoms with van der Waals surface area (Å²) in [6, 6.07) is 17.1. The van der Waals surface area contributed by atoms with E-state index in [4.69, 9.17) is 0 Å². The summed E-state index contributed by atoms with van der Waals surface area (Å²) in [5, 5.41) is 1.25. The Balaban J connectivity index is 1.88. The Hall–Kier alpha value is -2.46. The van der Waals surface area contributed by atoms with E-state index in [0.717, 1.165) is 12.1 Å². The summed E-state index contributed by atoms with van der Waals surface area (Å²) in [6.45, 7) is 0. The second kappa shape index (κ2) is 5.14. The first kappa shape index (κ1) is 12.3. The lowest BCUT2D eigenvalue weighted by molar-refractivity contribution is 0.715. The average Bonchev–Trinajstić information content (AvgIpc) is 2.97. The zero-order valence-electron chi connectivity index (χ0n) is 12.0. The van der Waals surface area contributed by atoms with Gasteiger partial charge < -0.3 is 4.40 Å². The maximum atomic E-state index is 3.37. The van der Waals surface area contributed by atoms with Gasteiger partial charge in [-0.1, -0.05) is 36.3 Å². The van der Waals surface area contributed by atoms with Crippen molar-refractivity contribution in [3.8, 4) is 11.8 Å². The molecule has 1 aliphatic rings. The molecule has 0 bridgehead atoms. The van der Waals surface area contributed by atoms with E-state index in [2.05, 4.69) is 70.8 Å². The lowest BCUT2D eigenvalue weighted by Crippen LogP contribution is -1.92. The molecule has 0 fully saturated rings. The molecule has 3 aromatic rings. The third-order valence-corrected chi connectivity index (χ3v) is 4.16. The van der Waals surface area contributed by atoms with Gasteiger partial charge in [0.25, 0.3) is 0 Å².